The van der Waals surface area contributed by atoms with E-state index in [2.05, 4.69) is 0 Å². The van der Waals surface area contributed by atoms with Crippen molar-refractivity contribution in [2.45, 2.75) is 37.4 Å². The number of Topliss-reactive ketones (excluding diaryl/α,β-unsaturated/α-hetero) is 1. The molecule has 0 spiro atoms. The molecule has 1 aliphatic carbocycles. The molecule has 1 aliphatic rings. The fraction of sp³-hybridized carbons (Fsp3) is 0.533. The number of carbonyl (C=O) groups is 1. The summed E-state index contributed by atoms with van der Waals surface area (Å²) in [7, 11) is -3.09. The fourth-order valence-corrected chi connectivity index (χ4v) is 4.55. The number of hydrogen-bond donors (Lipinski definition) is 0. The first-order chi connectivity index (χ1) is 9.79. The van der Waals surface area contributed by atoms with E-state index >= 15 is 0 Å². The average molecular weight is 349 g/mol. The highest BCUT2D eigenvalue weighted by Crippen LogP contribution is 2.32. The highest BCUT2D eigenvalue weighted by atomic mass is 35.5. The van der Waals surface area contributed by atoms with Crippen LogP contribution in [-0.2, 0) is 21.1 Å². The fourth-order valence-electron chi connectivity index (χ4n) is 2.85. The molecule has 116 valence electrons. The number of halogens is 2. The topological polar surface area (TPSA) is 51.2 Å². The first kappa shape index (κ1) is 16.8. The molecule has 0 saturated heterocycles. The van der Waals surface area contributed by atoms with Crippen molar-refractivity contribution in [3.8, 4) is 0 Å². The summed E-state index contributed by atoms with van der Waals surface area (Å²) in [4.78, 5) is 12.4. The van der Waals surface area contributed by atoms with Crippen LogP contribution in [0.5, 0.6) is 0 Å². The summed E-state index contributed by atoms with van der Waals surface area (Å²) in [6.07, 6.45) is 3.99. The Labute approximate surface area is 135 Å². The van der Waals surface area contributed by atoms with Gasteiger partial charge in [-0.25, -0.2) is 8.42 Å². The molecule has 0 aromatic heterocycles. The molecule has 0 amide bonds. The molecule has 0 aliphatic heterocycles. The van der Waals surface area contributed by atoms with E-state index in [0.717, 1.165) is 12.8 Å². The van der Waals surface area contributed by atoms with Gasteiger partial charge in [0.15, 0.2) is 0 Å². The van der Waals surface area contributed by atoms with Crippen LogP contribution in [0.25, 0.3) is 0 Å². The van der Waals surface area contributed by atoms with Crippen molar-refractivity contribution in [2.75, 3.05) is 6.26 Å². The Kier molecular flexibility index (Phi) is 5.33. The van der Waals surface area contributed by atoms with E-state index in [4.69, 9.17) is 23.2 Å². The molecule has 1 aromatic carbocycles. The van der Waals surface area contributed by atoms with Gasteiger partial charge < -0.3 is 0 Å². The number of sulfone groups is 1. The number of rotatable bonds is 4. The van der Waals surface area contributed by atoms with E-state index in [0.29, 0.717) is 28.5 Å². The minimum absolute atomic E-state index is 0.0263. The second-order valence-electron chi connectivity index (χ2n) is 5.66. The number of ketones is 1. The SMILES string of the molecule is CS(=O)(=O)C1CCCC(C(=O)Cc2c(Cl)cccc2Cl)C1. The minimum Gasteiger partial charge on any atom is -0.299 e. The van der Waals surface area contributed by atoms with Crippen molar-refractivity contribution in [3.63, 3.8) is 0 Å². The Morgan fingerprint density at radius 3 is 2.43 bits per heavy atom. The van der Waals surface area contributed by atoms with Crippen molar-refractivity contribution >= 4 is 38.8 Å². The minimum atomic E-state index is -3.09. The van der Waals surface area contributed by atoms with E-state index in [-0.39, 0.29) is 18.1 Å². The summed E-state index contributed by atoms with van der Waals surface area (Å²) in [6.45, 7) is 0. The Hall–Kier alpha value is -0.580. The molecule has 0 heterocycles. The van der Waals surface area contributed by atoms with Gasteiger partial charge in [0.1, 0.15) is 15.6 Å². The van der Waals surface area contributed by atoms with Crippen LogP contribution in [0.15, 0.2) is 18.2 Å². The van der Waals surface area contributed by atoms with E-state index in [1.807, 2.05) is 0 Å². The first-order valence-corrected chi connectivity index (χ1v) is 9.64. The molecule has 0 bridgehead atoms. The maximum absolute atomic E-state index is 12.4. The standard InChI is InChI=1S/C15H18Cl2O3S/c1-21(19,20)11-5-2-4-10(8-11)15(18)9-12-13(16)6-3-7-14(12)17/h3,6-7,10-11H,2,4-5,8-9H2,1H3. The molecule has 2 atom stereocenters. The summed E-state index contributed by atoms with van der Waals surface area (Å²) in [5.74, 6) is -0.191. The van der Waals surface area contributed by atoms with Gasteiger partial charge in [-0.05, 0) is 37.0 Å². The molecule has 21 heavy (non-hydrogen) atoms. The molecule has 1 fully saturated rings. The lowest BCUT2D eigenvalue weighted by molar-refractivity contribution is -0.123. The predicted octanol–water partition coefficient (Wildman–Crippen LogP) is 3.71. The third-order valence-corrected chi connectivity index (χ3v) is 6.45. The number of hydrogen-bond acceptors (Lipinski definition) is 3. The number of benzene rings is 1. The Morgan fingerprint density at radius 1 is 1.24 bits per heavy atom. The maximum atomic E-state index is 12.4. The van der Waals surface area contributed by atoms with Gasteiger partial charge in [-0.3, -0.25) is 4.79 Å². The summed E-state index contributed by atoms with van der Waals surface area (Å²) >= 11 is 12.2. The smallest absolute Gasteiger partial charge is 0.150 e. The van der Waals surface area contributed by atoms with Gasteiger partial charge in [0, 0.05) is 28.6 Å². The molecular weight excluding hydrogens is 331 g/mol. The lowest BCUT2D eigenvalue weighted by Crippen LogP contribution is -2.31. The first-order valence-electron chi connectivity index (χ1n) is 6.93. The predicted molar refractivity (Wildman–Crippen MR) is 85.8 cm³/mol. The Balaban J connectivity index is 2.10. The summed E-state index contributed by atoms with van der Waals surface area (Å²) < 4.78 is 23.3. The average Bonchev–Trinajstić information content (AvgIpc) is 2.42. The van der Waals surface area contributed by atoms with Gasteiger partial charge in [-0.15, -0.1) is 0 Å². The van der Waals surface area contributed by atoms with Crippen molar-refractivity contribution < 1.29 is 13.2 Å². The van der Waals surface area contributed by atoms with Crippen LogP contribution in [-0.4, -0.2) is 25.7 Å². The van der Waals surface area contributed by atoms with Gasteiger partial charge in [-0.1, -0.05) is 35.7 Å². The highest BCUT2D eigenvalue weighted by Gasteiger charge is 2.32. The second-order valence-corrected chi connectivity index (χ2v) is 8.80. The lowest BCUT2D eigenvalue weighted by atomic mass is 9.84. The molecule has 1 saturated carbocycles. The van der Waals surface area contributed by atoms with Gasteiger partial charge >= 0.3 is 0 Å². The molecule has 0 N–H and O–H groups in total. The molecule has 1 aromatic rings. The molecular formula is C15H18Cl2O3S. The molecule has 0 radical (unpaired) electrons. The Bertz CT molecular complexity index is 620. The quantitative estimate of drug-likeness (QED) is 0.833. The molecule has 6 heteroatoms. The number of carbonyl (C=O) groups excluding carboxylic acids is 1. The largest absolute Gasteiger partial charge is 0.299 e. The maximum Gasteiger partial charge on any atom is 0.150 e. The lowest BCUT2D eigenvalue weighted by Gasteiger charge is -2.27. The van der Waals surface area contributed by atoms with Crippen molar-refractivity contribution in [3.05, 3.63) is 33.8 Å². The summed E-state index contributed by atoms with van der Waals surface area (Å²) in [5, 5.41) is 0.555. The molecule has 3 nitrogen and oxygen atoms in total. The van der Waals surface area contributed by atoms with Crippen LogP contribution in [0, 0.1) is 5.92 Å². The van der Waals surface area contributed by atoms with Crippen LogP contribution < -0.4 is 0 Å². The van der Waals surface area contributed by atoms with Crippen LogP contribution >= 0.6 is 23.2 Å². The zero-order valence-corrected chi connectivity index (χ0v) is 14.1. The van der Waals surface area contributed by atoms with Crippen molar-refractivity contribution in [2.24, 2.45) is 5.92 Å². The van der Waals surface area contributed by atoms with Crippen LogP contribution in [0.2, 0.25) is 10.0 Å². The molecule has 2 unspecified atom stereocenters. The van der Waals surface area contributed by atoms with Gasteiger partial charge in [0.25, 0.3) is 0 Å². The van der Waals surface area contributed by atoms with E-state index in [1.165, 1.54) is 6.26 Å². The molecule has 2 rings (SSSR count). The van der Waals surface area contributed by atoms with Gasteiger partial charge in [0.05, 0.1) is 5.25 Å². The zero-order chi connectivity index (χ0) is 15.6. The van der Waals surface area contributed by atoms with Gasteiger partial charge in [-0.2, -0.15) is 0 Å². The van der Waals surface area contributed by atoms with E-state index in [9.17, 15) is 13.2 Å². The third-order valence-electron chi connectivity index (χ3n) is 4.10. The van der Waals surface area contributed by atoms with Crippen molar-refractivity contribution in [1.82, 2.24) is 0 Å². The van der Waals surface area contributed by atoms with Crippen LogP contribution in [0.4, 0.5) is 0 Å². The summed E-state index contributed by atoms with van der Waals surface area (Å²) in [6, 6.07) is 5.14. The van der Waals surface area contributed by atoms with Crippen LogP contribution in [0.3, 0.4) is 0 Å². The van der Waals surface area contributed by atoms with Crippen LogP contribution in [0.1, 0.15) is 31.2 Å². The normalized spacial score (nSPS) is 23.0. The monoisotopic (exact) mass is 348 g/mol. The second kappa shape index (κ2) is 6.67. The zero-order valence-electron chi connectivity index (χ0n) is 11.8. The highest BCUT2D eigenvalue weighted by molar-refractivity contribution is 7.91. The van der Waals surface area contributed by atoms with E-state index in [1.54, 1.807) is 18.2 Å². The summed E-state index contributed by atoms with van der Waals surface area (Å²) in [5.41, 5.74) is 0.632. The van der Waals surface area contributed by atoms with Crippen molar-refractivity contribution in [1.29, 1.82) is 0 Å². The Morgan fingerprint density at radius 2 is 1.86 bits per heavy atom. The van der Waals surface area contributed by atoms with Gasteiger partial charge in [0.2, 0.25) is 0 Å². The van der Waals surface area contributed by atoms with E-state index < -0.39 is 15.1 Å². The third kappa shape index (κ3) is 4.21.